The molecular weight excluding hydrogens is 395 g/mol. The number of rotatable bonds is 4. The molecule has 0 atom stereocenters. The first-order chi connectivity index (χ1) is 15.1. The zero-order valence-electron chi connectivity index (χ0n) is 16.5. The van der Waals surface area contributed by atoms with E-state index >= 15 is 0 Å². The SMILES string of the molecule is Cc1c(C(=O)Nc2cccc(F)c2)nnn1-c1ccc2coc(-c3ccccc3)c2c1. The number of aromatic nitrogens is 3. The maximum Gasteiger partial charge on any atom is 0.278 e. The van der Waals surface area contributed by atoms with Crippen LogP contribution in [0.15, 0.2) is 83.5 Å². The molecule has 0 aliphatic heterocycles. The van der Waals surface area contributed by atoms with E-state index in [0.29, 0.717) is 11.4 Å². The summed E-state index contributed by atoms with van der Waals surface area (Å²) in [6, 6.07) is 21.3. The number of anilines is 1. The van der Waals surface area contributed by atoms with Gasteiger partial charge >= 0.3 is 0 Å². The van der Waals surface area contributed by atoms with E-state index in [0.717, 1.165) is 27.8 Å². The highest BCUT2D eigenvalue weighted by molar-refractivity contribution is 6.03. The number of benzene rings is 3. The molecule has 0 spiro atoms. The summed E-state index contributed by atoms with van der Waals surface area (Å²) < 4.78 is 20.8. The fourth-order valence-corrected chi connectivity index (χ4v) is 3.52. The lowest BCUT2D eigenvalue weighted by atomic mass is 10.1. The number of hydrogen-bond acceptors (Lipinski definition) is 4. The van der Waals surface area contributed by atoms with Crippen molar-refractivity contribution in [1.29, 1.82) is 0 Å². The number of hydrogen-bond donors (Lipinski definition) is 1. The average Bonchev–Trinajstić information content (AvgIpc) is 3.37. The van der Waals surface area contributed by atoms with Crippen molar-refractivity contribution in [3.63, 3.8) is 0 Å². The molecule has 0 aliphatic rings. The number of nitrogens with zero attached hydrogens (tertiary/aromatic N) is 3. The second-order valence-corrected chi connectivity index (χ2v) is 7.10. The number of carbonyl (C=O) groups is 1. The summed E-state index contributed by atoms with van der Waals surface area (Å²) in [4.78, 5) is 12.6. The van der Waals surface area contributed by atoms with Gasteiger partial charge in [0.05, 0.1) is 17.6 Å². The largest absolute Gasteiger partial charge is 0.463 e. The predicted octanol–water partition coefficient (Wildman–Crippen LogP) is 5.38. The standard InChI is InChI=1S/C24H17FN4O2/c1-15-22(24(30)26-19-9-5-8-18(25)12-19)27-28-29(15)20-11-10-17-14-31-23(21(17)13-20)16-6-3-2-4-7-16/h2-14H,1H3,(H,26,30). The van der Waals surface area contributed by atoms with Crippen molar-refractivity contribution in [3.8, 4) is 17.0 Å². The molecule has 0 aliphatic carbocycles. The topological polar surface area (TPSA) is 73.0 Å². The van der Waals surface area contributed by atoms with Crippen LogP contribution < -0.4 is 5.32 Å². The molecule has 1 N–H and O–H groups in total. The summed E-state index contributed by atoms with van der Waals surface area (Å²) >= 11 is 0. The molecule has 7 heteroatoms. The maximum atomic E-state index is 13.4. The summed E-state index contributed by atoms with van der Waals surface area (Å²) in [7, 11) is 0. The number of amides is 1. The minimum Gasteiger partial charge on any atom is -0.463 e. The lowest BCUT2D eigenvalue weighted by Gasteiger charge is -2.06. The lowest BCUT2D eigenvalue weighted by Crippen LogP contribution is -2.14. The molecule has 0 unspecified atom stereocenters. The van der Waals surface area contributed by atoms with Crippen LogP contribution in [-0.4, -0.2) is 20.9 Å². The Bertz CT molecular complexity index is 1410. The molecule has 5 aromatic rings. The fraction of sp³-hybridized carbons (Fsp3) is 0.0417. The summed E-state index contributed by atoms with van der Waals surface area (Å²) in [5, 5.41) is 12.8. The van der Waals surface area contributed by atoms with Crippen molar-refractivity contribution in [2.24, 2.45) is 0 Å². The molecule has 3 aromatic carbocycles. The van der Waals surface area contributed by atoms with Gasteiger partial charge in [-0.25, -0.2) is 9.07 Å². The van der Waals surface area contributed by atoms with Gasteiger partial charge in [-0.3, -0.25) is 4.79 Å². The minimum atomic E-state index is -0.455. The third kappa shape index (κ3) is 3.46. The van der Waals surface area contributed by atoms with Crippen LogP contribution in [0.1, 0.15) is 16.2 Å². The highest BCUT2D eigenvalue weighted by Crippen LogP contribution is 2.32. The van der Waals surface area contributed by atoms with Crippen molar-refractivity contribution < 1.29 is 13.6 Å². The molecule has 1 amide bonds. The third-order valence-electron chi connectivity index (χ3n) is 5.06. The minimum absolute atomic E-state index is 0.167. The molecule has 6 nitrogen and oxygen atoms in total. The van der Waals surface area contributed by atoms with Crippen LogP contribution >= 0.6 is 0 Å². The summed E-state index contributed by atoms with van der Waals surface area (Å²) in [6.07, 6.45) is 1.72. The van der Waals surface area contributed by atoms with E-state index in [9.17, 15) is 9.18 Å². The van der Waals surface area contributed by atoms with Crippen molar-refractivity contribution in [2.75, 3.05) is 5.32 Å². The molecule has 0 radical (unpaired) electrons. The number of halogens is 1. The van der Waals surface area contributed by atoms with Gasteiger partial charge in [-0.05, 0) is 43.3 Å². The quantitative estimate of drug-likeness (QED) is 0.430. The van der Waals surface area contributed by atoms with Crippen LogP contribution in [-0.2, 0) is 0 Å². The summed E-state index contributed by atoms with van der Waals surface area (Å²) in [6.45, 7) is 1.76. The summed E-state index contributed by atoms with van der Waals surface area (Å²) in [5.41, 5.74) is 2.81. The normalized spacial score (nSPS) is 11.0. The molecule has 0 saturated heterocycles. The Morgan fingerprint density at radius 3 is 2.68 bits per heavy atom. The zero-order valence-corrected chi connectivity index (χ0v) is 16.5. The van der Waals surface area contributed by atoms with Gasteiger partial charge in [-0.1, -0.05) is 41.6 Å². The smallest absolute Gasteiger partial charge is 0.278 e. The van der Waals surface area contributed by atoms with Crippen molar-refractivity contribution >= 4 is 22.4 Å². The number of carbonyl (C=O) groups excluding carboxylic acids is 1. The van der Waals surface area contributed by atoms with Gasteiger partial charge in [0.1, 0.15) is 11.6 Å². The van der Waals surface area contributed by atoms with E-state index < -0.39 is 11.7 Å². The predicted molar refractivity (Wildman–Crippen MR) is 116 cm³/mol. The first-order valence-corrected chi connectivity index (χ1v) is 9.66. The van der Waals surface area contributed by atoms with E-state index in [4.69, 9.17) is 4.42 Å². The Labute approximate surface area is 176 Å². The lowest BCUT2D eigenvalue weighted by molar-refractivity contribution is 0.102. The van der Waals surface area contributed by atoms with Crippen LogP contribution in [0.5, 0.6) is 0 Å². The van der Waals surface area contributed by atoms with Crippen LogP contribution in [0.2, 0.25) is 0 Å². The van der Waals surface area contributed by atoms with E-state index in [1.165, 1.54) is 18.2 Å². The van der Waals surface area contributed by atoms with Crippen molar-refractivity contribution in [3.05, 3.63) is 96.3 Å². The first-order valence-electron chi connectivity index (χ1n) is 9.66. The molecular formula is C24H17FN4O2. The van der Waals surface area contributed by atoms with E-state index in [1.54, 1.807) is 23.9 Å². The van der Waals surface area contributed by atoms with Crippen LogP contribution in [0.4, 0.5) is 10.1 Å². The molecule has 5 rings (SSSR count). The monoisotopic (exact) mass is 412 g/mol. The van der Waals surface area contributed by atoms with Gasteiger partial charge in [-0.15, -0.1) is 5.10 Å². The van der Waals surface area contributed by atoms with Gasteiger partial charge in [-0.2, -0.15) is 0 Å². The number of fused-ring (bicyclic) bond motifs is 1. The zero-order chi connectivity index (χ0) is 21.4. The second kappa shape index (κ2) is 7.53. The van der Waals surface area contributed by atoms with Gasteiger partial charge in [0, 0.05) is 22.0 Å². The fourth-order valence-electron chi connectivity index (χ4n) is 3.52. The van der Waals surface area contributed by atoms with Gasteiger partial charge in [0.15, 0.2) is 5.69 Å². The molecule has 31 heavy (non-hydrogen) atoms. The number of furan rings is 1. The second-order valence-electron chi connectivity index (χ2n) is 7.10. The molecule has 0 saturated carbocycles. The van der Waals surface area contributed by atoms with E-state index in [2.05, 4.69) is 15.6 Å². The Balaban J connectivity index is 1.50. The average molecular weight is 412 g/mol. The molecule has 0 bridgehead atoms. The molecule has 2 aromatic heterocycles. The van der Waals surface area contributed by atoms with Crippen molar-refractivity contribution in [2.45, 2.75) is 6.92 Å². The summed E-state index contributed by atoms with van der Waals surface area (Å²) in [5.74, 6) is -0.121. The maximum absolute atomic E-state index is 13.4. The first kappa shape index (κ1) is 18.7. The van der Waals surface area contributed by atoms with Gasteiger partial charge in [0.25, 0.3) is 5.91 Å². The highest BCUT2D eigenvalue weighted by Gasteiger charge is 2.19. The third-order valence-corrected chi connectivity index (χ3v) is 5.06. The van der Waals surface area contributed by atoms with Crippen LogP contribution in [0.25, 0.3) is 27.8 Å². The van der Waals surface area contributed by atoms with Crippen molar-refractivity contribution in [1.82, 2.24) is 15.0 Å². The Morgan fingerprint density at radius 2 is 1.87 bits per heavy atom. The van der Waals surface area contributed by atoms with E-state index in [-0.39, 0.29) is 5.69 Å². The highest BCUT2D eigenvalue weighted by atomic mass is 19.1. The van der Waals surface area contributed by atoms with Gasteiger partial charge < -0.3 is 9.73 Å². The molecule has 152 valence electrons. The molecule has 2 heterocycles. The number of nitrogens with one attached hydrogen (secondary N) is 1. The van der Waals surface area contributed by atoms with Crippen LogP contribution in [0, 0.1) is 12.7 Å². The van der Waals surface area contributed by atoms with Gasteiger partial charge in [0.2, 0.25) is 0 Å². The Hall–Kier alpha value is -4.26. The Kier molecular flexibility index (Phi) is 4.55. The van der Waals surface area contributed by atoms with Crippen LogP contribution in [0.3, 0.4) is 0 Å². The molecule has 0 fully saturated rings. The van der Waals surface area contributed by atoms with E-state index in [1.807, 2.05) is 48.5 Å². The Morgan fingerprint density at radius 1 is 1.03 bits per heavy atom.